The minimum atomic E-state index is -1.13. The summed E-state index contributed by atoms with van der Waals surface area (Å²) < 4.78 is 32.7. The number of carbonyl (C=O) groups is 2. The van der Waals surface area contributed by atoms with Crippen LogP contribution >= 0.6 is 0 Å². The first kappa shape index (κ1) is 14.4. The van der Waals surface area contributed by atoms with Gasteiger partial charge in [0.1, 0.15) is 17.9 Å². The molecular weight excluding hydrogens is 310 g/mol. The second kappa shape index (κ2) is 4.64. The molecule has 0 bridgehead atoms. The Hall–Kier alpha value is -2.22. The number of likely N-dealkylation sites (tertiary alicyclic amines) is 1. The number of benzene rings is 1. The highest BCUT2D eigenvalue weighted by molar-refractivity contribution is 5.91. The highest BCUT2D eigenvalue weighted by atomic mass is 19.1. The van der Waals surface area contributed by atoms with Crippen LogP contribution in [0.1, 0.15) is 24.4 Å². The van der Waals surface area contributed by atoms with Crippen LogP contribution in [0.25, 0.3) is 0 Å². The number of hydrogen-bond donors (Lipinski definition) is 1. The second-order valence-corrected chi connectivity index (χ2v) is 6.21. The van der Waals surface area contributed by atoms with E-state index in [-0.39, 0.29) is 19.0 Å². The fraction of sp³-hybridized carbons (Fsp3) is 0.467. The Balaban J connectivity index is 1.60. The average Bonchev–Trinajstić information content (AvgIpc) is 2.94. The van der Waals surface area contributed by atoms with E-state index in [1.165, 1.54) is 17.0 Å². The Kier molecular flexibility index (Phi) is 2.90. The SMILES string of the molecule is O=C(O)N1CC2(C1)OC1CCC(c3cc(F)cc(F)c3)N1C2=O. The van der Waals surface area contributed by atoms with Gasteiger partial charge in [0.15, 0.2) is 5.60 Å². The first-order valence-corrected chi connectivity index (χ1v) is 7.34. The third kappa shape index (κ3) is 2.01. The smallest absolute Gasteiger partial charge is 0.407 e. The van der Waals surface area contributed by atoms with Crippen LogP contribution in [0.15, 0.2) is 18.2 Å². The van der Waals surface area contributed by atoms with E-state index in [0.29, 0.717) is 18.4 Å². The molecule has 3 aliphatic heterocycles. The number of hydrogen-bond acceptors (Lipinski definition) is 3. The second-order valence-electron chi connectivity index (χ2n) is 6.21. The van der Waals surface area contributed by atoms with Crippen LogP contribution in [-0.2, 0) is 9.53 Å². The Bertz CT molecular complexity index is 684. The van der Waals surface area contributed by atoms with Crippen molar-refractivity contribution >= 4 is 12.0 Å². The van der Waals surface area contributed by atoms with Gasteiger partial charge in [0, 0.05) is 6.07 Å². The first-order chi connectivity index (χ1) is 10.9. The summed E-state index contributed by atoms with van der Waals surface area (Å²) in [5.41, 5.74) is -0.735. The molecule has 2 unspecified atom stereocenters. The highest BCUT2D eigenvalue weighted by Gasteiger charge is 2.63. The van der Waals surface area contributed by atoms with E-state index >= 15 is 0 Å². The van der Waals surface area contributed by atoms with E-state index in [2.05, 4.69) is 0 Å². The molecule has 4 rings (SSSR count). The number of fused-ring (bicyclic) bond motifs is 1. The lowest BCUT2D eigenvalue weighted by Gasteiger charge is -2.43. The molecule has 0 aromatic heterocycles. The van der Waals surface area contributed by atoms with Crippen LogP contribution in [0.5, 0.6) is 0 Å². The summed E-state index contributed by atoms with van der Waals surface area (Å²) >= 11 is 0. The minimum Gasteiger partial charge on any atom is -0.465 e. The van der Waals surface area contributed by atoms with Crippen molar-refractivity contribution in [3.8, 4) is 0 Å². The zero-order valence-corrected chi connectivity index (χ0v) is 12.0. The zero-order chi connectivity index (χ0) is 16.4. The molecule has 3 aliphatic rings. The fourth-order valence-corrected chi connectivity index (χ4v) is 3.72. The lowest BCUT2D eigenvalue weighted by Crippen LogP contribution is -2.67. The van der Waals surface area contributed by atoms with Gasteiger partial charge in [-0.05, 0) is 30.5 Å². The van der Waals surface area contributed by atoms with Crippen LogP contribution in [-0.4, -0.2) is 51.8 Å². The van der Waals surface area contributed by atoms with Gasteiger partial charge in [0.25, 0.3) is 5.91 Å². The largest absolute Gasteiger partial charge is 0.465 e. The van der Waals surface area contributed by atoms with E-state index in [9.17, 15) is 18.4 Å². The van der Waals surface area contributed by atoms with Gasteiger partial charge in [-0.25, -0.2) is 13.6 Å². The highest BCUT2D eigenvalue weighted by Crippen LogP contribution is 2.47. The van der Waals surface area contributed by atoms with Gasteiger partial charge in [-0.1, -0.05) is 0 Å². The summed E-state index contributed by atoms with van der Waals surface area (Å²) in [5, 5.41) is 8.92. The van der Waals surface area contributed by atoms with Crippen molar-refractivity contribution in [1.82, 2.24) is 9.80 Å². The molecule has 1 aromatic carbocycles. The molecule has 8 heteroatoms. The van der Waals surface area contributed by atoms with Crippen molar-refractivity contribution in [2.75, 3.05) is 13.1 Å². The molecule has 3 fully saturated rings. The molecule has 122 valence electrons. The molecule has 3 heterocycles. The monoisotopic (exact) mass is 324 g/mol. The molecule has 2 atom stereocenters. The van der Waals surface area contributed by atoms with Crippen molar-refractivity contribution in [1.29, 1.82) is 0 Å². The lowest BCUT2D eigenvalue weighted by molar-refractivity contribution is -0.155. The van der Waals surface area contributed by atoms with Crippen LogP contribution in [0.3, 0.4) is 0 Å². The van der Waals surface area contributed by atoms with Gasteiger partial charge in [0.2, 0.25) is 0 Å². The summed E-state index contributed by atoms with van der Waals surface area (Å²) in [7, 11) is 0. The Morgan fingerprint density at radius 1 is 1.22 bits per heavy atom. The summed E-state index contributed by atoms with van der Waals surface area (Å²) in [5.74, 6) is -1.68. The zero-order valence-electron chi connectivity index (χ0n) is 12.0. The number of halogens is 2. The molecule has 1 N–H and O–H groups in total. The molecule has 1 spiro atoms. The maximum Gasteiger partial charge on any atom is 0.407 e. The summed E-state index contributed by atoms with van der Waals surface area (Å²) in [6.45, 7) is -0.00318. The summed E-state index contributed by atoms with van der Waals surface area (Å²) in [6.07, 6.45) is -0.445. The average molecular weight is 324 g/mol. The van der Waals surface area contributed by atoms with E-state index in [4.69, 9.17) is 9.84 Å². The normalized spacial score (nSPS) is 28.2. The fourth-order valence-electron chi connectivity index (χ4n) is 3.72. The minimum absolute atomic E-state index is 0.00159. The Morgan fingerprint density at radius 2 is 1.87 bits per heavy atom. The van der Waals surface area contributed by atoms with E-state index in [0.717, 1.165) is 11.0 Å². The number of ether oxygens (including phenoxy) is 1. The van der Waals surface area contributed by atoms with Crippen molar-refractivity contribution in [3.63, 3.8) is 0 Å². The van der Waals surface area contributed by atoms with Gasteiger partial charge in [-0.2, -0.15) is 0 Å². The van der Waals surface area contributed by atoms with Crippen LogP contribution < -0.4 is 0 Å². The van der Waals surface area contributed by atoms with E-state index in [1.54, 1.807) is 0 Å². The van der Waals surface area contributed by atoms with Gasteiger partial charge < -0.3 is 19.6 Å². The number of carboxylic acid groups (broad SMARTS) is 1. The topological polar surface area (TPSA) is 70.1 Å². The Labute approximate surface area is 130 Å². The van der Waals surface area contributed by atoms with Gasteiger partial charge >= 0.3 is 6.09 Å². The number of carbonyl (C=O) groups excluding carboxylic acids is 1. The molecule has 6 nitrogen and oxygen atoms in total. The summed E-state index contributed by atoms with van der Waals surface area (Å²) in [4.78, 5) is 26.2. The molecule has 0 saturated carbocycles. The molecule has 23 heavy (non-hydrogen) atoms. The van der Waals surface area contributed by atoms with Gasteiger partial charge in [-0.15, -0.1) is 0 Å². The van der Waals surface area contributed by atoms with Crippen molar-refractivity contribution in [2.24, 2.45) is 0 Å². The molecule has 1 aromatic rings. The van der Waals surface area contributed by atoms with Crippen molar-refractivity contribution in [2.45, 2.75) is 30.7 Å². The van der Waals surface area contributed by atoms with Crippen molar-refractivity contribution in [3.05, 3.63) is 35.4 Å². The molecule has 2 amide bonds. The van der Waals surface area contributed by atoms with E-state index < -0.39 is 35.6 Å². The number of nitrogens with zero attached hydrogens (tertiary/aromatic N) is 2. The summed E-state index contributed by atoms with van der Waals surface area (Å²) in [6, 6.07) is 2.78. The van der Waals surface area contributed by atoms with E-state index in [1.807, 2.05) is 0 Å². The predicted octanol–water partition coefficient (Wildman–Crippen LogP) is 1.72. The third-order valence-corrected chi connectivity index (χ3v) is 4.75. The number of amides is 2. The van der Waals surface area contributed by atoms with Crippen LogP contribution in [0.2, 0.25) is 0 Å². The lowest BCUT2D eigenvalue weighted by atomic mass is 9.92. The maximum absolute atomic E-state index is 13.4. The van der Waals surface area contributed by atoms with Crippen LogP contribution in [0.4, 0.5) is 13.6 Å². The predicted molar refractivity (Wildman–Crippen MR) is 72.4 cm³/mol. The van der Waals surface area contributed by atoms with Gasteiger partial charge in [-0.3, -0.25) is 4.79 Å². The van der Waals surface area contributed by atoms with Crippen LogP contribution in [0, 0.1) is 11.6 Å². The first-order valence-electron chi connectivity index (χ1n) is 7.34. The van der Waals surface area contributed by atoms with Gasteiger partial charge in [0.05, 0.1) is 19.1 Å². The number of rotatable bonds is 1. The quantitative estimate of drug-likeness (QED) is 0.854. The molecule has 0 radical (unpaired) electrons. The molecule has 3 saturated heterocycles. The maximum atomic E-state index is 13.4. The third-order valence-electron chi connectivity index (χ3n) is 4.75. The molecular formula is C15H14F2N2O4. The standard InChI is InChI=1S/C15H14F2N2O4/c16-9-3-8(4-10(17)5-9)11-1-2-12-19(11)13(20)15(23-12)6-18(7-15)14(21)22/h3-5,11-12H,1-2,6-7H2,(H,21,22). The molecule has 0 aliphatic carbocycles. The Morgan fingerprint density at radius 3 is 2.48 bits per heavy atom. The van der Waals surface area contributed by atoms with Crippen molar-refractivity contribution < 1.29 is 28.2 Å².